The van der Waals surface area contributed by atoms with Gasteiger partial charge in [0.05, 0.1) is 18.9 Å². The van der Waals surface area contributed by atoms with Crippen LogP contribution in [0.3, 0.4) is 0 Å². The number of carboxylic acids is 1. The lowest BCUT2D eigenvalue weighted by molar-refractivity contribution is -0.137. The van der Waals surface area contributed by atoms with E-state index in [2.05, 4.69) is 10.4 Å². The average molecular weight is 540 g/mol. The molecule has 2 amide bonds. The molecule has 8 heteroatoms. The van der Waals surface area contributed by atoms with E-state index in [0.29, 0.717) is 19.0 Å². The topological polar surface area (TPSA) is 108 Å². The van der Waals surface area contributed by atoms with Crippen molar-refractivity contribution in [1.82, 2.24) is 10.3 Å². The molecular weight excluding hydrogens is 506 g/mol. The van der Waals surface area contributed by atoms with E-state index in [4.69, 9.17) is 9.84 Å². The molecule has 40 heavy (non-hydrogen) atoms. The summed E-state index contributed by atoms with van der Waals surface area (Å²) < 4.78 is 5.54. The van der Waals surface area contributed by atoms with Gasteiger partial charge in [-0.3, -0.25) is 14.4 Å². The summed E-state index contributed by atoms with van der Waals surface area (Å²) in [5.74, 6) is -0.630. The van der Waals surface area contributed by atoms with Crippen molar-refractivity contribution < 1.29 is 24.2 Å². The summed E-state index contributed by atoms with van der Waals surface area (Å²) in [5.41, 5.74) is 4.35. The first-order valence-corrected chi connectivity index (χ1v) is 13.7. The van der Waals surface area contributed by atoms with Crippen molar-refractivity contribution >= 4 is 23.7 Å². The van der Waals surface area contributed by atoms with Crippen molar-refractivity contribution in [3.63, 3.8) is 0 Å². The fourth-order valence-corrected chi connectivity index (χ4v) is 5.42. The van der Waals surface area contributed by atoms with E-state index in [1.165, 1.54) is 5.01 Å². The Hall–Kier alpha value is -4.46. The molecule has 206 valence electrons. The molecule has 1 aliphatic heterocycles. The molecule has 1 atom stereocenters. The Balaban J connectivity index is 1.26. The molecule has 0 radical (unpaired) electrons. The van der Waals surface area contributed by atoms with Gasteiger partial charge in [-0.25, -0.2) is 5.01 Å². The van der Waals surface area contributed by atoms with Gasteiger partial charge in [0, 0.05) is 12.1 Å². The summed E-state index contributed by atoms with van der Waals surface area (Å²) in [7, 11) is 0. The van der Waals surface area contributed by atoms with Gasteiger partial charge in [0.25, 0.3) is 5.91 Å². The highest BCUT2D eigenvalue weighted by Gasteiger charge is 2.32. The predicted octanol–water partition coefficient (Wildman–Crippen LogP) is 4.62. The molecule has 8 nitrogen and oxygen atoms in total. The van der Waals surface area contributed by atoms with Crippen LogP contribution in [-0.2, 0) is 38.6 Å². The quantitative estimate of drug-likeness (QED) is 0.391. The Kier molecular flexibility index (Phi) is 8.54. The first-order chi connectivity index (χ1) is 19.5. The number of amides is 2. The van der Waals surface area contributed by atoms with Gasteiger partial charge < -0.3 is 15.2 Å². The van der Waals surface area contributed by atoms with Gasteiger partial charge in [0.15, 0.2) is 6.61 Å². The van der Waals surface area contributed by atoms with Crippen LogP contribution in [0.25, 0.3) is 0 Å². The number of carboxylic acid groups (broad SMARTS) is 1. The van der Waals surface area contributed by atoms with Crippen molar-refractivity contribution in [1.29, 1.82) is 0 Å². The monoisotopic (exact) mass is 539 g/mol. The highest BCUT2D eigenvalue weighted by atomic mass is 16.5. The first kappa shape index (κ1) is 27.1. The van der Waals surface area contributed by atoms with Gasteiger partial charge in [-0.15, -0.1) is 5.10 Å². The Morgan fingerprint density at radius 1 is 0.925 bits per heavy atom. The molecule has 0 saturated heterocycles. The summed E-state index contributed by atoms with van der Waals surface area (Å²) in [4.78, 5) is 36.9. The Bertz CT molecular complexity index is 1360. The fraction of sp³-hybridized carbons (Fsp3) is 0.312. The minimum absolute atomic E-state index is 0.00489. The Morgan fingerprint density at radius 2 is 1.57 bits per heavy atom. The molecule has 0 aromatic heterocycles. The lowest BCUT2D eigenvalue weighted by atomic mass is 9.83. The molecule has 2 aliphatic rings. The first-order valence-electron chi connectivity index (χ1n) is 13.7. The van der Waals surface area contributed by atoms with E-state index in [1.807, 2.05) is 66.7 Å². The number of rotatable bonds is 10. The van der Waals surface area contributed by atoms with Gasteiger partial charge in [-0.05, 0) is 53.1 Å². The van der Waals surface area contributed by atoms with E-state index in [0.717, 1.165) is 53.5 Å². The molecule has 0 bridgehead atoms. The normalized spacial score (nSPS) is 16.2. The number of nitrogens with zero attached hydrogens (tertiary/aromatic N) is 2. The van der Waals surface area contributed by atoms with Gasteiger partial charge in [0.1, 0.15) is 0 Å². The maximum Gasteiger partial charge on any atom is 0.307 e. The highest BCUT2D eigenvalue weighted by molar-refractivity contribution is 5.97. The molecule has 2 N–H and O–H groups in total. The van der Waals surface area contributed by atoms with E-state index in [-0.39, 0.29) is 36.7 Å². The van der Waals surface area contributed by atoms with Gasteiger partial charge in [-0.2, -0.15) is 0 Å². The van der Waals surface area contributed by atoms with E-state index in [1.54, 1.807) is 12.1 Å². The third-order valence-corrected chi connectivity index (χ3v) is 7.52. The second-order valence-electron chi connectivity index (χ2n) is 10.4. The molecule has 5 rings (SSSR count). The molecule has 3 aromatic carbocycles. The number of hydrogen-bond acceptors (Lipinski definition) is 5. The van der Waals surface area contributed by atoms with Gasteiger partial charge >= 0.3 is 5.97 Å². The van der Waals surface area contributed by atoms with Crippen LogP contribution in [-0.4, -0.2) is 40.4 Å². The second kappa shape index (κ2) is 12.6. The van der Waals surface area contributed by atoms with Crippen LogP contribution < -0.4 is 5.32 Å². The SMILES string of the molecule is O=C(O)Cc1ccc(CNC(=O)C(c2ccc(CN3N=C(c4ccccc4)OCC3=O)cc2)C2CCCC2)cc1. The van der Waals surface area contributed by atoms with Crippen LogP contribution in [0.4, 0.5) is 0 Å². The van der Waals surface area contributed by atoms with Crippen LogP contribution in [0, 0.1) is 5.92 Å². The minimum Gasteiger partial charge on any atom is -0.481 e. The fourth-order valence-electron chi connectivity index (χ4n) is 5.42. The zero-order valence-electron chi connectivity index (χ0n) is 22.3. The van der Waals surface area contributed by atoms with E-state index in [9.17, 15) is 14.4 Å². The highest BCUT2D eigenvalue weighted by Crippen LogP contribution is 2.37. The van der Waals surface area contributed by atoms with Crippen LogP contribution in [0.1, 0.15) is 59.4 Å². The molecule has 1 fully saturated rings. The third kappa shape index (κ3) is 6.75. The second-order valence-corrected chi connectivity index (χ2v) is 10.4. The van der Waals surface area contributed by atoms with Crippen LogP contribution in [0.15, 0.2) is 84.0 Å². The summed E-state index contributed by atoms with van der Waals surface area (Å²) in [5, 5.41) is 17.9. The lowest BCUT2D eigenvalue weighted by Crippen LogP contribution is -2.36. The largest absolute Gasteiger partial charge is 0.481 e. The number of hydrogen-bond donors (Lipinski definition) is 2. The van der Waals surface area contributed by atoms with Crippen molar-refractivity contribution in [2.24, 2.45) is 11.0 Å². The predicted molar refractivity (Wildman–Crippen MR) is 150 cm³/mol. The van der Waals surface area contributed by atoms with Gasteiger partial charge in [0.2, 0.25) is 11.8 Å². The number of ether oxygens (including phenoxy) is 1. The molecule has 0 spiro atoms. The molecule has 1 heterocycles. The number of carbonyl (C=O) groups excluding carboxylic acids is 2. The lowest BCUT2D eigenvalue weighted by Gasteiger charge is -2.25. The van der Waals surface area contributed by atoms with E-state index >= 15 is 0 Å². The molecule has 1 saturated carbocycles. The van der Waals surface area contributed by atoms with Crippen LogP contribution in [0.2, 0.25) is 0 Å². The summed E-state index contributed by atoms with van der Waals surface area (Å²) in [6, 6.07) is 24.7. The maximum absolute atomic E-state index is 13.5. The third-order valence-electron chi connectivity index (χ3n) is 7.52. The number of carbonyl (C=O) groups is 3. The number of benzene rings is 3. The van der Waals surface area contributed by atoms with Crippen molar-refractivity contribution in [2.75, 3.05) is 6.61 Å². The molecule has 3 aromatic rings. The standard InChI is InChI=1S/C32H33N3O5/c36-28-21-40-32(27-8-2-1-3-9-27)34-35(28)20-24-14-16-26(17-15-24)30(25-6-4-5-7-25)31(39)33-19-23-12-10-22(11-13-23)18-29(37)38/h1-3,8-17,25,30H,4-7,18-21H2,(H,33,39)(H,37,38). The van der Waals surface area contributed by atoms with Crippen molar-refractivity contribution in [3.05, 3.63) is 107 Å². The van der Waals surface area contributed by atoms with Gasteiger partial charge in [-0.1, -0.05) is 79.6 Å². The Morgan fingerprint density at radius 3 is 2.25 bits per heavy atom. The van der Waals surface area contributed by atoms with Crippen molar-refractivity contribution in [3.8, 4) is 0 Å². The zero-order valence-corrected chi connectivity index (χ0v) is 22.3. The Labute approximate surface area is 233 Å². The summed E-state index contributed by atoms with van der Waals surface area (Å²) in [6.45, 7) is 0.642. The van der Waals surface area contributed by atoms with E-state index < -0.39 is 5.97 Å². The minimum atomic E-state index is -0.868. The number of hydrazone groups is 1. The van der Waals surface area contributed by atoms with Crippen LogP contribution >= 0.6 is 0 Å². The zero-order chi connectivity index (χ0) is 27.9. The number of nitrogens with one attached hydrogen (secondary N) is 1. The average Bonchev–Trinajstić information content (AvgIpc) is 3.49. The summed E-state index contributed by atoms with van der Waals surface area (Å²) >= 11 is 0. The number of aliphatic carboxylic acids is 1. The molecule has 1 unspecified atom stereocenters. The molecule has 1 aliphatic carbocycles. The maximum atomic E-state index is 13.5. The summed E-state index contributed by atoms with van der Waals surface area (Å²) in [6.07, 6.45) is 4.26. The van der Waals surface area contributed by atoms with Crippen LogP contribution in [0.5, 0.6) is 0 Å². The smallest absolute Gasteiger partial charge is 0.307 e. The molecular formula is C32H33N3O5. The van der Waals surface area contributed by atoms with Crippen molar-refractivity contribution in [2.45, 2.75) is 51.1 Å².